The second kappa shape index (κ2) is 11.2. The first-order valence-corrected chi connectivity index (χ1v) is 13.1. The van der Waals surface area contributed by atoms with E-state index in [4.69, 9.17) is 4.74 Å². The van der Waals surface area contributed by atoms with Gasteiger partial charge in [0.2, 0.25) is 10.0 Å². The highest BCUT2D eigenvalue weighted by Gasteiger charge is 2.35. The molecule has 1 saturated heterocycles. The normalized spacial score (nSPS) is 17.9. The van der Waals surface area contributed by atoms with Gasteiger partial charge in [0.15, 0.2) is 6.19 Å². The van der Waals surface area contributed by atoms with E-state index in [2.05, 4.69) is 53.4 Å². The summed E-state index contributed by atoms with van der Waals surface area (Å²) in [5.74, 6) is 0.703. The van der Waals surface area contributed by atoms with Crippen molar-refractivity contribution in [3.63, 3.8) is 0 Å². The number of amides is 2. The molecule has 1 heterocycles. The molecular formula is C21H23Br2N5O4S. The summed E-state index contributed by atoms with van der Waals surface area (Å²) in [6, 6.07) is 11.1. The molecule has 176 valence electrons. The fourth-order valence-electron chi connectivity index (χ4n) is 3.52. The molecule has 3 rings (SSSR count). The molecule has 1 fully saturated rings. The van der Waals surface area contributed by atoms with Crippen LogP contribution in [-0.4, -0.2) is 51.6 Å². The van der Waals surface area contributed by atoms with Gasteiger partial charge in [0.05, 0.1) is 18.0 Å². The van der Waals surface area contributed by atoms with Gasteiger partial charge in [0.25, 0.3) is 0 Å². The summed E-state index contributed by atoms with van der Waals surface area (Å²) >= 11 is 6.55. The quantitative estimate of drug-likeness (QED) is 0.400. The number of carbonyl (C=O) groups is 1. The first-order chi connectivity index (χ1) is 15.7. The molecule has 0 unspecified atom stereocenters. The Hall–Kier alpha value is -2.33. The summed E-state index contributed by atoms with van der Waals surface area (Å²) in [5.41, 5.74) is 0.886. The number of urea groups is 1. The minimum atomic E-state index is -3.80. The molecule has 0 saturated carbocycles. The minimum absolute atomic E-state index is 0.110. The van der Waals surface area contributed by atoms with Crippen LogP contribution in [-0.2, 0) is 16.6 Å². The maximum Gasteiger partial charge on any atom is 0.315 e. The van der Waals surface area contributed by atoms with Gasteiger partial charge in [-0.05, 0) is 58.2 Å². The molecule has 0 aliphatic carbocycles. The van der Waals surface area contributed by atoms with E-state index in [1.807, 2.05) is 24.3 Å². The molecule has 2 atom stereocenters. The molecule has 1 aliphatic heterocycles. The first-order valence-electron chi connectivity index (χ1n) is 10.00. The van der Waals surface area contributed by atoms with Crippen LogP contribution in [0.4, 0.5) is 4.79 Å². The fourth-order valence-corrected chi connectivity index (χ4v) is 6.26. The first kappa shape index (κ1) is 25.3. The summed E-state index contributed by atoms with van der Waals surface area (Å²) < 4.78 is 34.6. The monoisotopic (exact) mass is 599 g/mol. The molecule has 0 bridgehead atoms. The van der Waals surface area contributed by atoms with Crippen LogP contribution in [0.5, 0.6) is 5.75 Å². The molecule has 0 radical (unpaired) electrons. The summed E-state index contributed by atoms with van der Waals surface area (Å²) in [5, 5.41) is 15.0. The third-order valence-corrected chi connectivity index (χ3v) is 8.14. The number of sulfonamides is 1. The van der Waals surface area contributed by atoms with E-state index in [1.165, 1.54) is 11.0 Å². The van der Waals surface area contributed by atoms with Crippen molar-refractivity contribution in [1.29, 1.82) is 5.26 Å². The van der Waals surface area contributed by atoms with Crippen LogP contribution in [0.3, 0.4) is 0 Å². The number of carbonyl (C=O) groups excluding carboxylic acids is 1. The predicted octanol–water partition coefficient (Wildman–Crippen LogP) is 2.92. The van der Waals surface area contributed by atoms with Gasteiger partial charge in [-0.2, -0.15) is 5.26 Å². The van der Waals surface area contributed by atoms with Gasteiger partial charge in [0.1, 0.15) is 5.75 Å². The SMILES string of the molecule is COc1cccc(CNC(=O)NC[C@H]2C[C@@H](NS(=O)(=O)c3cc(Br)ccc3Br)CN2C#N)c1. The molecular weight excluding hydrogens is 578 g/mol. The molecule has 0 aromatic heterocycles. The van der Waals surface area contributed by atoms with Crippen LogP contribution in [0.25, 0.3) is 0 Å². The standard InChI is InChI=1S/C21H23Br2N5O4S/c1-32-18-4-2-3-14(7-18)10-25-21(29)26-11-17-9-16(12-28(17)13-24)27-33(30,31)20-8-15(22)5-6-19(20)23/h2-8,16-17,27H,9-12H2,1H3,(H2,25,26,29)/t16-,17-/m1/s1. The maximum absolute atomic E-state index is 12.8. The van der Waals surface area contributed by atoms with Crippen molar-refractivity contribution in [2.24, 2.45) is 0 Å². The number of nitriles is 1. The van der Waals surface area contributed by atoms with Gasteiger partial charge in [-0.1, -0.05) is 28.1 Å². The van der Waals surface area contributed by atoms with Crippen LogP contribution in [0.1, 0.15) is 12.0 Å². The van der Waals surface area contributed by atoms with Gasteiger partial charge in [-0.15, -0.1) is 0 Å². The Bertz CT molecular complexity index is 1160. The lowest BCUT2D eigenvalue weighted by molar-refractivity contribution is 0.236. The zero-order valence-electron chi connectivity index (χ0n) is 17.7. The van der Waals surface area contributed by atoms with Gasteiger partial charge in [0, 0.05) is 34.6 Å². The number of nitrogens with one attached hydrogen (secondary N) is 3. The predicted molar refractivity (Wildman–Crippen MR) is 130 cm³/mol. The number of ether oxygens (including phenoxy) is 1. The largest absolute Gasteiger partial charge is 0.497 e. The number of rotatable bonds is 8. The van der Waals surface area contributed by atoms with Crippen molar-refractivity contribution >= 4 is 47.9 Å². The third kappa shape index (κ3) is 6.83. The molecule has 12 heteroatoms. The lowest BCUT2D eigenvalue weighted by atomic mass is 10.2. The number of hydrogen-bond acceptors (Lipinski definition) is 6. The van der Waals surface area contributed by atoms with Crippen molar-refractivity contribution in [3.05, 3.63) is 57.0 Å². The van der Waals surface area contributed by atoms with Crippen LogP contribution < -0.4 is 20.1 Å². The van der Waals surface area contributed by atoms with Crippen LogP contribution in [0.15, 0.2) is 56.3 Å². The van der Waals surface area contributed by atoms with E-state index in [-0.39, 0.29) is 30.1 Å². The Morgan fingerprint density at radius 2 is 2.03 bits per heavy atom. The lowest BCUT2D eigenvalue weighted by Gasteiger charge is -2.18. The number of benzene rings is 2. The van der Waals surface area contributed by atoms with Crippen LogP contribution in [0.2, 0.25) is 0 Å². The summed E-state index contributed by atoms with van der Waals surface area (Å²) in [6.07, 6.45) is 2.46. The summed E-state index contributed by atoms with van der Waals surface area (Å²) in [7, 11) is -2.22. The number of methoxy groups -OCH3 is 1. The number of halogens is 2. The average Bonchev–Trinajstić information content (AvgIpc) is 3.18. The Morgan fingerprint density at radius 3 is 2.76 bits per heavy atom. The highest BCUT2D eigenvalue weighted by Crippen LogP contribution is 2.27. The van der Waals surface area contributed by atoms with Gasteiger partial charge < -0.3 is 20.3 Å². The molecule has 3 N–H and O–H groups in total. The van der Waals surface area contributed by atoms with E-state index in [1.54, 1.807) is 19.2 Å². The van der Waals surface area contributed by atoms with Crippen molar-refractivity contribution in [2.75, 3.05) is 20.2 Å². The Kier molecular flexibility index (Phi) is 8.58. The third-order valence-electron chi connectivity index (χ3n) is 5.13. The summed E-state index contributed by atoms with van der Waals surface area (Å²) in [4.78, 5) is 13.8. The zero-order valence-corrected chi connectivity index (χ0v) is 21.7. The second-order valence-corrected chi connectivity index (χ2v) is 10.9. The van der Waals surface area contributed by atoms with E-state index in [0.717, 1.165) is 5.56 Å². The van der Waals surface area contributed by atoms with Gasteiger partial charge >= 0.3 is 6.03 Å². The highest BCUT2D eigenvalue weighted by atomic mass is 79.9. The van der Waals surface area contributed by atoms with E-state index >= 15 is 0 Å². The molecule has 1 aliphatic rings. The molecule has 2 amide bonds. The Labute approximate surface area is 209 Å². The number of nitrogens with zero attached hydrogens (tertiary/aromatic N) is 2. The lowest BCUT2D eigenvalue weighted by Crippen LogP contribution is -2.42. The highest BCUT2D eigenvalue weighted by molar-refractivity contribution is 9.11. The topological polar surface area (TPSA) is 124 Å². The minimum Gasteiger partial charge on any atom is -0.497 e. The second-order valence-electron chi connectivity index (χ2n) is 7.45. The fraction of sp³-hybridized carbons (Fsp3) is 0.333. The molecule has 33 heavy (non-hydrogen) atoms. The Morgan fingerprint density at radius 1 is 1.24 bits per heavy atom. The van der Waals surface area contributed by atoms with E-state index in [0.29, 0.717) is 27.7 Å². The van der Waals surface area contributed by atoms with Gasteiger partial charge in [-0.3, -0.25) is 0 Å². The Balaban J connectivity index is 1.54. The maximum atomic E-state index is 12.8. The van der Waals surface area contributed by atoms with E-state index < -0.39 is 16.1 Å². The van der Waals surface area contributed by atoms with E-state index in [9.17, 15) is 18.5 Å². The van der Waals surface area contributed by atoms with Crippen molar-refractivity contribution in [2.45, 2.75) is 29.9 Å². The van der Waals surface area contributed by atoms with Crippen molar-refractivity contribution < 1.29 is 17.9 Å². The molecule has 2 aromatic rings. The average molecular weight is 601 g/mol. The number of likely N-dealkylation sites (tertiary alicyclic amines) is 1. The molecule has 2 aromatic carbocycles. The van der Waals surface area contributed by atoms with Gasteiger partial charge in [-0.25, -0.2) is 17.9 Å². The smallest absolute Gasteiger partial charge is 0.315 e. The molecule has 0 spiro atoms. The van der Waals surface area contributed by atoms with Crippen molar-refractivity contribution in [3.8, 4) is 11.9 Å². The zero-order chi connectivity index (χ0) is 24.0. The van der Waals surface area contributed by atoms with Crippen LogP contribution in [0, 0.1) is 11.5 Å². The summed E-state index contributed by atoms with van der Waals surface area (Å²) in [6.45, 7) is 0.745. The number of hydrogen-bond donors (Lipinski definition) is 3. The van der Waals surface area contributed by atoms with Crippen molar-refractivity contribution in [1.82, 2.24) is 20.3 Å². The van der Waals surface area contributed by atoms with Crippen LogP contribution >= 0.6 is 31.9 Å². The molecule has 9 nitrogen and oxygen atoms in total.